The molecule has 3 aromatic heterocycles. The molecule has 0 unspecified atom stereocenters. The number of aryl methyl sites for hydroxylation is 1. The van der Waals surface area contributed by atoms with Gasteiger partial charge in [0.15, 0.2) is 17.3 Å². The lowest BCUT2D eigenvalue weighted by Crippen LogP contribution is -2.37. The maximum absolute atomic E-state index is 13.6. The Hall–Kier alpha value is -5.46. The molecule has 0 fully saturated rings. The van der Waals surface area contributed by atoms with Gasteiger partial charge >= 0.3 is 0 Å². The number of nitrogens with zero attached hydrogens (tertiary/aromatic N) is 7. The summed E-state index contributed by atoms with van der Waals surface area (Å²) in [6.45, 7) is 11.8. The topological polar surface area (TPSA) is 148 Å². The molecule has 0 aliphatic rings. The van der Waals surface area contributed by atoms with Crippen molar-refractivity contribution >= 4 is 56.5 Å². The van der Waals surface area contributed by atoms with Gasteiger partial charge in [-0.1, -0.05) is 32.0 Å². The molecule has 0 aliphatic heterocycles. The lowest BCUT2D eigenvalue weighted by atomic mass is 10.2. The number of amides is 2. The maximum Gasteiger partial charge on any atom is 0.271 e. The number of para-hydroxylation sites is 1. The van der Waals surface area contributed by atoms with Crippen molar-refractivity contribution in [2.75, 3.05) is 65.6 Å². The highest BCUT2D eigenvalue weighted by atomic mass is 131. The van der Waals surface area contributed by atoms with Crippen LogP contribution in [0.4, 0.5) is 8.78 Å². The third-order valence-electron chi connectivity index (χ3n) is 8.88. The van der Waals surface area contributed by atoms with Crippen molar-refractivity contribution < 1.29 is 27.8 Å². The fraction of sp³-hybridized carbons (Fsp3) is 0.310. The second kappa shape index (κ2) is 22.5. The van der Waals surface area contributed by atoms with E-state index in [-0.39, 0.29) is 29.1 Å². The molecule has 2 N–H and O–H groups in total. The van der Waals surface area contributed by atoms with Gasteiger partial charge in [-0.25, -0.2) is 19.3 Å². The molecule has 0 atom stereocenters. The Labute approximate surface area is 349 Å². The van der Waals surface area contributed by atoms with Crippen LogP contribution in [0.1, 0.15) is 40.4 Å². The molecule has 0 spiro atoms. The van der Waals surface area contributed by atoms with Crippen LogP contribution in [0.2, 0.25) is 0 Å². The average Bonchev–Trinajstić information content (AvgIpc) is 3.23. The average molecular weight is 910 g/mol. The minimum atomic E-state index is -0.616. The molecule has 2 amide bonds. The summed E-state index contributed by atoms with van der Waals surface area (Å²) in [4.78, 5) is 49.9. The summed E-state index contributed by atoms with van der Waals surface area (Å²) in [7, 11) is 0. The van der Waals surface area contributed by atoms with E-state index < -0.39 is 5.95 Å². The first kappa shape index (κ1) is 43.7. The molecular weight excluding hydrogens is 863 g/mol. The van der Waals surface area contributed by atoms with Crippen molar-refractivity contribution in [1.82, 2.24) is 45.4 Å². The molecule has 0 saturated carbocycles. The number of benzene rings is 3. The fourth-order valence-electron chi connectivity index (χ4n) is 5.63. The van der Waals surface area contributed by atoms with Gasteiger partial charge in [0.2, 0.25) is 0 Å². The van der Waals surface area contributed by atoms with Crippen molar-refractivity contribution in [2.24, 2.45) is 0 Å². The Morgan fingerprint density at radius 3 is 1.81 bits per heavy atom. The van der Waals surface area contributed by atoms with Crippen LogP contribution in [0, 0.1) is 22.3 Å². The molecule has 0 bridgehead atoms. The van der Waals surface area contributed by atoms with E-state index in [1.54, 1.807) is 30.3 Å². The fourth-order valence-corrected chi connectivity index (χ4v) is 6.10. The third-order valence-corrected chi connectivity index (χ3v) is 9.55. The standard InChI is InChI=1S/C21H22FIN4O2.C21H24FN5O2/c1-2-27(11-12-29-20-6-4-3-5-16(20)22)10-9-24-21(28)19-14-25-18-13-15(23)7-8-17(18)26-19;1-3-27(11-12-29-19-5-4-8-23-20(19)22)10-9-24-21(28)18-14-25-17-13-15(2)6-7-16(17)26-18/h3-8,13-14H,2,9-12H2,1H3,(H,24,28);4-8,13-14H,3,9-12H2,1-2H3,(H,24,28)/i23+4;. The normalized spacial score (nSPS) is 11.0. The first-order valence-corrected chi connectivity index (χ1v) is 20.0. The Morgan fingerprint density at radius 2 is 1.22 bits per heavy atom. The van der Waals surface area contributed by atoms with Gasteiger partial charge in [-0.2, -0.15) is 4.39 Å². The first-order valence-electron chi connectivity index (χ1n) is 18.9. The molecule has 0 radical (unpaired) electrons. The molecule has 16 heteroatoms. The minimum absolute atomic E-state index is 0.141. The van der Waals surface area contributed by atoms with Gasteiger partial charge < -0.3 is 20.1 Å². The summed E-state index contributed by atoms with van der Waals surface area (Å²) in [5, 5.41) is 5.73. The smallest absolute Gasteiger partial charge is 0.271 e. The number of hydrogen-bond acceptors (Lipinski definition) is 11. The first-order chi connectivity index (χ1) is 28.1. The second-order valence-electron chi connectivity index (χ2n) is 12.9. The number of likely N-dealkylation sites (N-methyl/N-ethyl adjacent to an activating group) is 2. The quantitative estimate of drug-likeness (QED) is 0.0762. The van der Waals surface area contributed by atoms with E-state index in [1.807, 2.05) is 57.2 Å². The predicted octanol–water partition coefficient (Wildman–Crippen LogP) is 6.11. The summed E-state index contributed by atoms with van der Waals surface area (Å²) >= 11 is 2.21. The maximum atomic E-state index is 13.6. The lowest BCUT2D eigenvalue weighted by molar-refractivity contribution is 0.0934. The van der Waals surface area contributed by atoms with E-state index in [0.29, 0.717) is 74.9 Å². The Morgan fingerprint density at radius 1 is 0.672 bits per heavy atom. The van der Waals surface area contributed by atoms with E-state index in [2.05, 4.69) is 67.9 Å². The molecule has 6 rings (SSSR count). The molecule has 304 valence electrons. The van der Waals surface area contributed by atoms with Crippen LogP contribution >= 0.6 is 22.6 Å². The van der Waals surface area contributed by atoms with E-state index in [0.717, 1.165) is 33.3 Å². The van der Waals surface area contributed by atoms with Crippen LogP contribution in [0.3, 0.4) is 0 Å². The number of fused-ring (bicyclic) bond motifs is 2. The Balaban J connectivity index is 0.000000221. The van der Waals surface area contributed by atoms with Crippen LogP contribution < -0.4 is 20.1 Å². The highest BCUT2D eigenvalue weighted by molar-refractivity contribution is 14.1. The molecular formula is C42H46F2IN9O4. The van der Waals surface area contributed by atoms with Crippen LogP contribution in [0.25, 0.3) is 22.1 Å². The highest BCUT2D eigenvalue weighted by Gasteiger charge is 2.13. The van der Waals surface area contributed by atoms with Gasteiger partial charge in [0, 0.05) is 49.0 Å². The zero-order valence-corrected chi connectivity index (χ0v) is 34.8. The number of nitrogens with one attached hydrogen (secondary N) is 2. The second-order valence-corrected chi connectivity index (χ2v) is 14.2. The van der Waals surface area contributed by atoms with Crippen molar-refractivity contribution in [3.8, 4) is 11.5 Å². The van der Waals surface area contributed by atoms with Crippen molar-refractivity contribution in [3.05, 3.63) is 124 Å². The SMILES string of the molecule is CCN(CCNC(=O)c1cnc2cc(C)ccc2n1)CCOc1cccnc1F.CCN(CCNC(=O)c1cnc2cc([131I])ccc2n1)CCOc1ccccc1F. The largest absolute Gasteiger partial charge is 0.489 e. The zero-order valence-electron chi connectivity index (χ0n) is 32.6. The Kier molecular flexibility index (Phi) is 16.9. The number of carbonyl (C=O) groups excluding carboxylic acids is 2. The monoisotopic (exact) mass is 909 g/mol. The molecule has 13 nitrogen and oxygen atoms in total. The summed E-state index contributed by atoms with van der Waals surface area (Å²) in [6, 6.07) is 21.0. The third kappa shape index (κ3) is 13.3. The van der Waals surface area contributed by atoms with E-state index >= 15 is 0 Å². The predicted molar refractivity (Wildman–Crippen MR) is 227 cm³/mol. The van der Waals surface area contributed by atoms with Crippen LogP contribution in [-0.2, 0) is 0 Å². The van der Waals surface area contributed by atoms with Gasteiger partial charge in [0.05, 0.1) is 34.5 Å². The molecule has 6 aromatic rings. The summed E-state index contributed by atoms with van der Waals surface area (Å²) in [5.74, 6) is -1.10. The number of rotatable bonds is 18. The number of aromatic nitrogens is 5. The van der Waals surface area contributed by atoms with E-state index in [1.165, 1.54) is 24.7 Å². The summed E-state index contributed by atoms with van der Waals surface area (Å²) in [6.07, 6.45) is 4.36. The van der Waals surface area contributed by atoms with Gasteiger partial charge in [0.25, 0.3) is 17.8 Å². The molecule has 3 aromatic carbocycles. The van der Waals surface area contributed by atoms with Crippen molar-refractivity contribution in [2.45, 2.75) is 20.8 Å². The van der Waals surface area contributed by atoms with Crippen molar-refractivity contribution in [3.63, 3.8) is 0 Å². The lowest BCUT2D eigenvalue weighted by Gasteiger charge is -2.20. The number of carbonyl (C=O) groups is 2. The summed E-state index contributed by atoms with van der Waals surface area (Å²) in [5.41, 5.74) is 4.60. The van der Waals surface area contributed by atoms with Gasteiger partial charge in [-0.3, -0.25) is 29.4 Å². The number of pyridine rings is 1. The zero-order chi connectivity index (χ0) is 41.3. The highest BCUT2D eigenvalue weighted by Crippen LogP contribution is 2.16. The van der Waals surface area contributed by atoms with Crippen molar-refractivity contribution in [1.29, 1.82) is 0 Å². The Bertz CT molecular complexity index is 2130. The molecule has 0 aliphatic carbocycles. The number of halogens is 3. The van der Waals surface area contributed by atoms with Crippen LogP contribution in [-0.4, -0.2) is 112 Å². The van der Waals surface area contributed by atoms with E-state index in [9.17, 15) is 18.4 Å². The van der Waals surface area contributed by atoms with Crippen LogP contribution in [0.5, 0.6) is 11.5 Å². The van der Waals surface area contributed by atoms with Gasteiger partial charge in [-0.05, 0) is 103 Å². The molecule has 3 heterocycles. The summed E-state index contributed by atoms with van der Waals surface area (Å²) < 4.78 is 39.0. The van der Waals surface area contributed by atoms with E-state index in [4.69, 9.17) is 9.47 Å². The molecule has 58 heavy (non-hydrogen) atoms. The molecule has 0 saturated heterocycles. The van der Waals surface area contributed by atoms with Crippen LogP contribution in [0.15, 0.2) is 91.4 Å². The van der Waals surface area contributed by atoms with Gasteiger partial charge in [0.1, 0.15) is 24.6 Å². The number of hydrogen-bond donors (Lipinski definition) is 2. The van der Waals surface area contributed by atoms with Gasteiger partial charge in [-0.15, -0.1) is 0 Å². The minimum Gasteiger partial charge on any atom is -0.489 e. The number of ether oxygens (including phenoxy) is 2.